The molecule has 3 aromatic rings. The van der Waals surface area contributed by atoms with E-state index < -0.39 is 0 Å². The first kappa shape index (κ1) is 18.9. The van der Waals surface area contributed by atoms with Gasteiger partial charge in [0.25, 0.3) is 0 Å². The highest BCUT2D eigenvalue weighted by atomic mass is 32.1. The zero-order valence-corrected chi connectivity index (χ0v) is 17.6. The van der Waals surface area contributed by atoms with Crippen molar-refractivity contribution >= 4 is 39.5 Å². The number of ether oxygens (including phenoxy) is 1. The summed E-state index contributed by atoms with van der Waals surface area (Å²) in [6, 6.07) is 18.4. The van der Waals surface area contributed by atoms with E-state index in [1.54, 1.807) is 18.4 Å². The Morgan fingerprint density at radius 3 is 2.50 bits per heavy atom. The number of thiocarbonyl (C=S) groups is 1. The minimum Gasteiger partial charge on any atom is -0.497 e. The summed E-state index contributed by atoms with van der Waals surface area (Å²) in [6.07, 6.45) is 2.27. The maximum atomic E-state index is 5.41. The van der Waals surface area contributed by atoms with Crippen LogP contribution in [-0.4, -0.2) is 17.2 Å². The van der Waals surface area contributed by atoms with Gasteiger partial charge in [0.1, 0.15) is 5.75 Å². The molecule has 1 aliphatic carbocycles. The molecule has 2 aromatic carbocycles. The van der Waals surface area contributed by atoms with Crippen molar-refractivity contribution < 1.29 is 4.74 Å². The normalized spacial score (nSPS) is 20.9. The lowest BCUT2D eigenvalue weighted by atomic mass is 9.59. The molecule has 28 heavy (non-hydrogen) atoms. The third kappa shape index (κ3) is 4.03. The van der Waals surface area contributed by atoms with Gasteiger partial charge in [0, 0.05) is 17.0 Å². The van der Waals surface area contributed by atoms with Gasteiger partial charge in [-0.3, -0.25) is 0 Å². The number of methoxy groups -OCH3 is 1. The summed E-state index contributed by atoms with van der Waals surface area (Å²) >= 11 is 7.01. The van der Waals surface area contributed by atoms with Crippen LogP contribution in [0.1, 0.15) is 36.9 Å². The van der Waals surface area contributed by atoms with E-state index in [4.69, 9.17) is 21.9 Å². The topological polar surface area (TPSA) is 46.2 Å². The Labute approximate surface area is 175 Å². The van der Waals surface area contributed by atoms with Crippen molar-refractivity contribution in [1.29, 1.82) is 0 Å². The third-order valence-corrected chi connectivity index (χ3v) is 6.35. The Morgan fingerprint density at radius 2 is 1.82 bits per heavy atom. The molecule has 1 saturated carbocycles. The zero-order valence-electron chi connectivity index (χ0n) is 15.9. The Morgan fingerprint density at radius 1 is 1.11 bits per heavy atom. The first-order valence-electron chi connectivity index (χ1n) is 9.29. The molecule has 0 amide bonds. The van der Waals surface area contributed by atoms with Gasteiger partial charge in [-0.15, -0.1) is 11.3 Å². The number of nitrogens with one attached hydrogen (secondary N) is 2. The molecule has 1 heterocycles. The van der Waals surface area contributed by atoms with Crippen LogP contribution in [0.5, 0.6) is 5.75 Å². The number of aromatic nitrogens is 1. The van der Waals surface area contributed by atoms with E-state index in [1.807, 2.05) is 24.3 Å². The predicted octanol–water partition coefficient (Wildman–Crippen LogP) is 5.80. The fourth-order valence-electron chi connectivity index (χ4n) is 3.78. The highest BCUT2D eigenvalue weighted by Crippen LogP contribution is 2.52. The van der Waals surface area contributed by atoms with Crippen molar-refractivity contribution in [3.05, 3.63) is 71.2 Å². The number of rotatable bonds is 5. The van der Waals surface area contributed by atoms with Crippen LogP contribution in [0.25, 0.3) is 0 Å². The number of nitrogens with zero attached hydrogens (tertiary/aromatic N) is 1. The van der Waals surface area contributed by atoms with Gasteiger partial charge >= 0.3 is 0 Å². The van der Waals surface area contributed by atoms with Crippen LogP contribution in [-0.2, 0) is 5.41 Å². The predicted molar refractivity (Wildman–Crippen MR) is 121 cm³/mol. The van der Waals surface area contributed by atoms with E-state index in [1.165, 1.54) is 5.56 Å². The molecule has 4 rings (SSSR count). The zero-order chi connectivity index (χ0) is 19.6. The molecule has 0 bridgehead atoms. The molecule has 0 radical (unpaired) electrons. The lowest BCUT2D eigenvalue weighted by Gasteiger charge is -2.45. The van der Waals surface area contributed by atoms with Crippen molar-refractivity contribution in [1.82, 2.24) is 4.98 Å². The molecule has 1 aliphatic rings. The Kier molecular flexibility index (Phi) is 5.33. The maximum Gasteiger partial charge on any atom is 0.189 e. The van der Waals surface area contributed by atoms with Crippen LogP contribution in [0.3, 0.4) is 0 Å². The van der Waals surface area contributed by atoms with Gasteiger partial charge in [-0.2, -0.15) is 0 Å². The van der Waals surface area contributed by atoms with Gasteiger partial charge in [-0.05, 0) is 60.3 Å². The molecular weight excluding hydrogens is 386 g/mol. The van der Waals surface area contributed by atoms with Gasteiger partial charge in [0.15, 0.2) is 10.2 Å². The number of anilines is 2. The van der Waals surface area contributed by atoms with E-state index in [9.17, 15) is 0 Å². The second kappa shape index (κ2) is 7.89. The Balaban J connectivity index is 1.33. The average Bonchev–Trinajstić information content (AvgIpc) is 3.14. The minimum absolute atomic E-state index is 0.258. The molecule has 1 fully saturated rings. The Bertz CT molecular complexity index is 947. The van der Waals surface area contributed by atoms with Crippen LogP contribution in [0.4, 0.5) is 10.8 Å². The van der Waals surface area contributed by atoms with Gasteiger partial charge in [-0.25, -0.2) is 4.98 Å². The molecule has 4 nitrogen and oxygen atoms in total. The fraction of sp³-hybridized carbons (Fsp3) is 0.273. The van der Waals surface area contributed by atoms with Crippen LogP contribution >= 0.6 is 23.6 Å². The van der Waals surface area contributed by atoms with Crippen LogP contribution in [0, 0.1) is 0 Å². The lowest BCUT2D eigenvalue weighted by molar-refractivity contribution is 0.222. The van der Waals surface area contributed by atoms with Gasteiger partial charge in [-0.1, -0.05) is 37.3 Å². The summed E-state index contributed by atoms with van der Waals surface area (Å²) in [4.78, 5) is 4.76. The largest absolute Gasteiger partial charge is 0.497 e. The lowest BCUT2D eigenvalue weighted by Crippen LogP contribution is -2.37. The number of hydrogen-bond acceptors (Lipinski definition) is 4. The fourth-order valence-corrected chi connectivity index (χ4v) is 4.85. The molecule has 144 valence electrons. The van der Waals surface area contributed by atoms with Crippen LogP contribution in [0.15, 0.2) is 60.0 Å². The summed E-state index contributed by atoms with van der Waals surface area (Å²) in [5.41, 5.74) is 3.75. The number of thiazole rings is 1. The average molecular weight is 410 g/mol. The summed E-state index contributed by atoms with van der Waals surface area (Å²) in [5, 5.41) is 9.88. The van der Waals surface area contributed by atoms with Gasteiger partial charge in [0.05, 0.1) is 12.8 Å². The molecule has 1 aromatic heterocycles. The smallest absolute Gasteiger partial charge is 0.189 e. The van der Waals surface area contributed by atoms with E-state index in [-0.39, 0.29) is 5.41 Å². The first-order chi connectivity index (χ1) is 13.6. The van der Waals surface area contributed by atoms with E-state index in [0.717, 1.165) is 35.1 Å². The van der Waals surface area contributed by atoms with Crippen molar-refractivity contribution in [3.8, 4) is 5.75 Å². The maximum absolute atomic E-state index is 5.41. The van der Waals surface area contributed by atoms with Crippen molar-refractivity contribution in [2.24, 2.45) is 0 Å². The summed E-state index contributed by atoms with van der Waals surface area (Å²) < 4.78 is 5.17. The second-order valence-corrected chi connectivity index (χ2v) is 8.68. The molecule has 0 saturated heterocycles. The molecule has 0 unspecified atom stereocenters. The summed E-state index contributed by atoms with van der Waals surface area (Å²) in [6.45, 7) is 2.35. The quantitative estimate of drug-likeness (QED) is 0.522. The molecule has 2 N–H and O–H groups in total. The number of hydrogen-bond donors (Lipinski definition) is 2. The summed E-state index contributed by atoms with van der Waals surface area (Å²) in [5.74, 6) is 1.33. The molecule has 0 aliphatic heterocycles. The summed E-state index contributed by atoms with van der Waals surface area (Å²) in [7, 11) is 1.65. The van der Waals surface area contributed by atoms with Crippen molar-refractivity contribution in [2.45, 2.75) is 31.1 Å². The minimum atomic E-state index is 0.258. The number of benzene rings is 2. The second-order valence-electron chi connectivity index (χ2n) is 7.42. The molecular formula is C22H23N3OS2. The SMILES string of the molecule is COc1ccc(NC(=S)Nc2nc(C3CC(C)(c4ccccc4)C3)cs2)cc1. The van der Waals surface area contributed by atoms with Gasteiger partial charge in [0.2, 0.25) is 0 Å². The van der Waals surface area contributed by atoms with Crippen LogP contribution < -0.4 is 15.4 Å². The first-order valence-corrected chi connectivity index (χ1v) is 10.6. The standard InChI is InChI=1S/C22H23N3OS2/c1-22(16-6-4-3-5-7-16)12-15(13-22)19-14-28-21(24-19)25-20(27)23-17-8-10-18(26-2)11-9-17/h3-11,14-15H,12-13H2,1-2H3,(H2,23,24,25,27). The highest BCUT2D eigenvalue weighted by molar-refractivity contribution is 7.80. The van der Waals surface area contributed by atoms with Gasteiger partial charge < -0.3 is 15.4 Å². The third-order valence-electron chi connectivity index (χ3n) is 5.37. The molecule has 6 heteroatoms. The Hall–Kier alpha value is -2.44. The van der Waals surface area contributed by atoms with Crippen LogP contribution in [0.2, 0.25) is 0 Å². The van der Waals surface area contributed by atoms with Crippen molar-refractivity contribution in [2.75, 3.05) is 17.7 Å². The molecule has 0 spiro atoms. The van der Waals surface area contributed by atoms with E-state index in [2.05, 4.69) is 53.3 Å². The van der Waals surface area contributed by atoms with E-state index in [0.29, 0.717) is 11.0 Å². The molecule has 0 atom stereocenters. The monoisotopic (exact) mass is 409 g/mol. The highest BCUT2D eigenvalue weighted by Gasteiger charge is 2.43. The van der Waals surface area contributed by atoms with E-state index >= 15 is 0 Å². The van der Waals surface area contributed by atoms with Crippen molar-refractivity contribution in [3.63, 3.8) is 0 Å².